The van der Waals surface area contributed by atoms with Crippen molar-refractivity contribution in [3.63, 3.8) is 0 Å². The number of nitrogen functional groups attached to an aromatic ring is 1. The molecule has 0 aliphatic carbocycles. The maximum absolute atomic E-state index is 10.8. The smallest absolute Gasteiger partial charge is 0.149 e. The normalized spacial score (nSPS) is 12.8. The van der Waals surface area contributed by atoms with Gasteiger partial charge in [0, 0.05) is 29.9 Å². The van der Waals surface area contributed by atoms with Crippen molar-refractivity contribution in [3.8, 4) is 0 Å². The number of carbonyl (C=O) groups is 1. The summed E-state index contributed by atoms with van der Waals surface area (Å²) in [5.41, 5.74) is 9.85. The van der Waals surface area contributed by atoms with E-state index in [2.05, 4.69) is 18.3 Å². The summed E-state index contributed by atoms with van der Waals surface area (Å²) in [5, 5.41) is 3.36. The van der Waals surface area contributed by atoms with Crippen LogP contribution in [0.5, 0.6) is 0 Å². The summed E-state index contributed by atoms with van der Waals surface area (Å²) in [6.45, 7) is 5.59. The minimum absolute atomic E-state index is 0.711. The second kappa shape index (κ2) is 10.6. The molecule has 0 spiro atoms. The van der Waals surface area contributed by atoms with Crippen molar-refractivity contribution < 1.29 is 4.79 Å². The number of benzene rings is 1. The molecule has 0 unspecified atom stereocenters. The molecule has 0 saturated heterocycles. The highest BCUT2D eigenvalue weighted by Gasteiger charge is 2.03. The molecule has 3 heteroatoms. The predicted molar refractivity (Wildman–Crippen MR) is 95.6 cm³/mol. The standard InChI is InChI=1S/C19H26N2O/c1-3-8-16(15-22)10-7-13-21-14-17(9-4-2)18-11-5-6-12-19(18)20/h5-12,15,21H,3-4,13-14,20H2,1-2H3/b10-7-,16-8+,17-9-. The summed E-state index contributed by atoms with van der Waals surface area (Å²) in [5.74, 6) is 0. The van der Waals surface area contributed by atoms with Crippen molar-refractivity contribution in [2.24, 2.45) is 0 Å². The van der Waals surface area contributed by atoms with Crippen LogP contribution in [0.25, 0.3) is 5.57 Å². The van der Waals surface area contributed by atoms with Crippen LogP contribution in [0.2, 0.25) is 0 Å². The number of allylic oxidation sites excluding steroid dienone is 4. The van der Waals surface area contributed by atoms with E-state index in [1.807, 2.05) is 49.4 Å². The highest BCUT2D eigenvalue weighted by molar-refractivity contribution is 5.77. The molecule has 22 heavy (non-hydrogen) atoms. The number of hydrogen-bond acceptors (Lipinski definition) is 3. The molecule has 0 amide bonds. The predicted octanol–water partition coefficient (Wildman–Crippen LogP) is 3.74. The van der Waals surface area contributed by atoms with Gasteiger partial charge in [-0.3, -0.25) is 4.79 Å². The fraction of sp³-hybridized carbons (Fsp3) is 0.316. The number of nitrogens with two attached hydrogens (primary N) is 1. The molecule has 1 rings (SSSR count). The van der Waals surface area contributed by atoms with Gasteiger partial charge < -0.3 is 11.1 Å². The van der Waals surface area contributed by atoms with E-state index in [4.69, 9.17) is 5.73 Å². The van der Waals surface area contributed by atoms with Crippen molar-refractivity contribution in [2.45, 2.75) is 26.7 Å². The third-order valence-electron chi connectivity index (χ3n) is 3.22. The number of rotatable bonds is 9. The Morgan fingerprint density at radius 2 is 1.91 bits per heavy atom. The Labute approximate surface area is 133 Å². The quantitative estimate of drug-likeness (QED) is 0.240. The van der Waals surface area contributed by atoms with Gasteiger partial charge in [-0.15, -0.1) is 0 Å². The van der Waals surface area contributed by atoms with Crippen molar-refractivity contribution in [3.05, 3.63) is 59.7 Å². The van der Waals surface area contributed by atoms with E-state index < -0.39 is 0 Å². The number of hydrogen-bond donors (Lipinski definition) is 2. The fourth-order valence-electron chi connectivity index (χ4n) is 2.19. The van der Waals surface area contributed by atoms with Gasteiger partial charge in [0.05, 0.1) is 0 Å². The number of aldehydes is 1. The summed E-state index contributed by atoms with van der Waals surface area (Å²) in [4.78, 5) is 10.8. The fourth-order valence-corrected chi connectivity index (χ4v) is 2.19. The molecule has 0 heterocycles. The van der Waals surface area contributed by atoms with E-state index in [-0.39, 0.29) is 0 Å². The van der Waals surface area contributed by atoms with Crippen LogP contribution in [-0.2, 0) is 4.79 Å². The van der Waals surface area contributed by atoms with Crippen molar-refractivity contribution in [1.82, 2.24) is 5.32 Å². The topological polar surface area (TPSA) is 55.1 Å². The molecule has 0 fully saturated rings. The Hall–Kier alpha value is -2.13. The van der Waals surface area contributed by atoms with Crippen molar-refractivity contribution in [2.75, 3.05) is 18.8 Å². The average Bonchev–Trinajstić information content (AvgIpc) is 2.53. The Morgan fingerprint density at radius 3 is 2.55 bits per heavy atom. The van der Waals surface area contributed by atoms with Crippen LogP contribution in [0, 0.1) is 0 Å². The van der Waals surface area contributed by atoms with E-state index in [0.717, 1.165) is 42.5 Å². The lowest BCUT2D eigenvalue weighted by molar-refractivity contribution is -0.104. The monoisotopic (exact) mass is 298 g/mol. The minimum Gasteiger partial charge on any atom is -0.398 e. The van der Waals surface area contributed by atoms with Gasteiger partial charge >= 0.3 is 0 Å². The third kappa shape index (κ3) is 6.10. The summed E-state index contributed by atoms with van der Waals surface area (Å²) < 4.78 is 0. The number of nitrogens with one attached hydrogen (secondary N) is 1. The summed E-state index contributed by atoms with van der Waals surface area (Å²) in [6, 6.07) is 7.91. The Morgan fingerprint density at radius 1 is 1.18 bits per heavy atom. The van der Waals surface area contributed by atoms with Gasteiger partial charge in [-0.2, -0.15) is 0 Å². The molecular formula is C19H26N2O. The highest BCUT2D eigenvalue weighted by Crippen LogP contribution is 2.20. The zero-order chi connectivity index (χ0) is 16.2. The number of para-hydroxylation sites is 1. The average molecular weight is 298 g/mol. The SMILES string of the molecule is CC/C=C(C=O)\C=C/CNC/C(=C/CC)c1ccccc1N. The van der Waals surface area contributed by atoms with Crippen LogP contribution in [0.3, 0.4) is 0 Å². The lowest BCUT2D eigenvalue weighted by Gasteiger charge is -2.11. The van der Waals surface area contributed by atoms with E-state index in [9.17, 15) is 4.79 Å². The number of carbonyl (C=O) groups excluding carboxylic acids is 1. The highest BCUT2D eigenvalue weighted by atomic mass is 16.1. The Balaban J connectivity index is 2.59. The first-order valence-electron chi connectivity index (χ1n) is 7.79. The second-order valence-corrected chi connectivity index (χ2v) is 4.99. The van der Waals surface area contributed by atoms with Crippen LogP contribution in [0.1, 0.15) is 32.3 Å². The molecule has 1 aromatic rings. The summed E-state index contributed by atoms with van der Waals surface area (Å²) in [7, 11) is 0. The molecule has 0 aromatic heterocycles. The molecule has 0 saturated carbocycles. The first kappa shape index (κ1) is 17.9. The lowest BCUT2D eigenvalue weighted by atomic mass is 10.0. The van der Waals surface area contributed by atoms with Gasteiger partial charge in [-0.1, -0.05) is 56.4 Å². The molecular weight excluding hydrogens is 272 g/mol. The van der Waals surface area contributed by atoms with Gasteiger partial charge in [0.15, 0.2) is 0 Å². The van der Waals surface area contributed by atoms with E-state index in [1.165, 1.54) is 5.57 Å². The molecule has 0 atom stereocenters. The van der Waals surface area contributed by atoms with Gasteiger partial charge in [-0.05, 0) is 24.5 Å². The first-order chi connectivity index (χ1) is 10.7. The van der Waals surface area contributed by atoms with Crippen LogP contribution in [0.15, 0.2) is 54.1 Å². The van der Waals surface area contributed by atoms with Gasteiger partial charge in [0.25, 0.3) is 0 Å². The van der Waals surface area contributed by atoms with Crippen molar-refractivity contribution in [1.29, 1.82) is 0 Å². The molecule has 118 valence electrons. The van der Waals surface area contributed by atoms with Crippen LogP contribution < -0.4 is 11.1 Å². The van der Waals surface area contributed by atoms with Crippen LogP contribution in [-0.4, -0.2) is 19.4 Å². The van der Waals surface area contributed by atoms with E-state index in [1.54, 1.807) is 0 Å². The van der Waals surface area contributed by atoms with E-state index in [0.29, 0.717) is 6.54 Å². The van der Waals surface area contributed by atoms with Gasteiger partial charge in [-0.25, -0.2) is 0 Å². The maximum Gasteiger partial charge on any atom is 0.149 e. The Kier molecular flexibility index (Phi) is 8.61. The zero-order valence-electron chi connectivity index (χ0n) is 13.5. The molecule has 0 aliphatic rings. The first-order valence-corrected chi connectivity index (χ1v) is 7.79. The van der Waals surface area contributed by atoms with Crippen molar-refractivity contribution >= 4 is 17.5 Å². The maximum atomic E-state index is 10.8. The largest absolute Gasteiger partial charge is 0.398 e. The molecule has 0 bridgehead atoms. The molecule has 0 radical (unpaired) electrons. The third-order valence-corrected chi connectivity index (χ3v) is 3.22. The molecule has 1 aromatic carbocycles. The molecule has 3 N–H and O–H groups in total. The second-order valence-electron chi connectivity index (χ2n) is 4.99. The van der Waals surface area contributed by atoms with Crippen LogP contribution in [0.4, 0.5) is 5.69 Å². The van der Waals surface area contributed by atoms with E-state index >= 15 is 0 Å². The zero-order valence-corrected chi connectivity index (χ0v) is 13.5. The summed E-state index contributed by atoms with van der Waals surface area (Å²) >= 11 is 0. The lowest BCUT2D eigenvalue weighted by Crippen LogP contribution is -2.17. The minimum atomic E-state index is 0.711. The van der Waals surface area contributed by atoms with Gasteiger partial charge in [0.2, 0.25) is 0 Å². The van der Waals surface area contributed by atoms with Crippen LogP contribution >= 0.6 is 0 Å². The molecule has 0 aliphatic heterocycles. The van der Waals surface area contributed by atoms with Gasteiger partial charge in [0.1, 0.15) is 6.29 Å². The summed E-state index contributed by atoms with van der Waals surface area (Å²) in [6.07, 6.45) is 10.6. The molecule has 3 nitrogen and oxygen atoms in total. The number of anilines is 1. The Bertz CT molecular complexity index is 556.